The van der Waals surface area contributed by atoms with Crippen LogP contribution in [0.25, 0.3) is 10.2 Å². The van der Waals surface area contributed by atoms with Gasteiger partial charge in [0.25, 0.3) is 5.56 Å². The molecule has 2 heterocycles. The fraction of sp³-hybridized carbons (Fsp3) is 0.562. The van der Waals surface area contributed by atoms with Gasteiger partial charge in [0.05, 0.1) is 12.5 Å². The highest BCUT2D eigenvalue weighted by Gasteiger charge is 2.26. The van der Waals surface area contributed by atoms with Crippen molar-refractivity contribution in [2.45, 2.75) is 52.0 Å². The molecular formula is C16H20N2O3S. The Bertz CT molecular complexity index is 791. The summed E-state index contributed by atoms with van der Waals surface area (Å²) in [6, 6.07) is -0.603. The van der Waals surface area contributed by atoms with Gasteiger partial charge in [-0.1, -0.05) is 6.92 Å². The molecule has 0 aliphatic heterocycles. The van der Waals surface area contributed by atoms with Crippen molar-refractivity contribution < 1.29 is 9.53 Å². The van der Waals surface area contributed by atoms with Crippen LogP contribution in [0.2, 0.25) is 0 Å². The number of hydrogen-bond donors (Lipinski definition) is 0. The first-order valence-electron chi connectivity index (χ1n) is 7.69. The summed E-state index contributed by atoms with van der Waals surface area (Å²) in [7, 11) is 1.35. The van der Waals surface area contributed by atoms with Gasteiger partial charge in [-0.2, -0.15) is 0 Å². The van der Waals surface area contributed by atoms with Crippen molar-refractivity contribution in [1.82, 2.24) is 9.55 Å². The van der Waals surface area contributed by atoms with Gasteiger partial charge in [0.15, 0.2) is 0 Å². The summed E-state index contributed by atoms with van der Waals surface area (Å²) in [5.41, 5.74) is 1.05. The molecule has 6 heteroatoms. The Morgan fingerprint density at radius 1 is 1.41 bits per heavy atom. The molecule has 1 unspecified atom stereocenters. The molecule has 1 aliphatic carbocycles. The highest BCUT2D eigenvalue weighted by atomic mass is 32.1. The number of carbonyl (C=O) groups excluding carboxylic acids is 1. The second-order valence-electron chi connectivity index (χ2n) is 5.67. The van der Waals surface area contributed by atoms with Crippen molar-refractivity contribution in [1.29, 1.82) is 0 Å². The number of nitrogens with zero attached hydrogens (tertiary/aromatic N) is 2. The highest BCUT2D eigenvalue weighted by Crippen LogP contribution is 2.34. The van der Waals surface area contributed by atoms with Gasteiger partial charge in [-0.25, -0.2) is 9.78 Å². The van der Waals surface area contributed by atoms with Crippen LogP contribution in [-0.2, 0) is 22.4 Å². The standard InChI is InChI=1S/C16H20N2O3S/c1-4-11(16(20)21-3)18-9(2)17-14-13(15(18)19)10-7-5-6-8-12(10)22-14/h11H,4-8H2,1-3H3. The van der Waals surface area contributed by atoms with Gasteiger partial charge in [0.2, 0.25) is 0 Å². The van der Waals surface area contributed by atoms with Gasteiger partial charge < -0.3 is 4.74 Å². The fourth-order valence-electron chi connectivity index (χ4n) is 3.28. The number of hydrogen-bond acceptors (Lipinski definition) is 5. The lowest BCUT2D eigenvalue weighted by Crippen LogP contribution is -2.33. The summed E-state index contributed by atoms with van der Waals surface area (Å²) in [5.74, 6) is 0.186. The van der Waals surface area contributed by atoms with Crippen LogP contribution in [0, 0.1) is 6.92 Å². The topological polar surface area (TPSA) is 61.2 Å². The molecule has 3 rings (SSSR count). The zero-order chi connectivity index (χ0) is 15.9. The second kappa shape index (κ2) is 5.83. The van der Waals surface area contributed by atoms with E-state index in [1.807, 2.05) is 6.92 Å². The van der Waals surface area contributed by atoms with E-state index in [9.17, 15) is 9.59 Å². The molecule has 0 amide bonds. The van der Waals surface area contributed by atoms with E-state index in [1.165, 1.54) is 23.0 Å². The first kappa shape index (κ1) is 15.2. The quantitative estimate of drug-likeness (QED) is 0.816. The molecule has 0 saturated heterocycles. The van der Waals surface area contributed by atoms with Crippen molar-refractivity contribution >= 4 is 27.5 Å². The number of esters is 1. The molecule has 2 aromatic rings. The zero-order valence-corrected chi connectivity index (χ0v) is 14.0. The largest absolute Gasteiger partial charge is 0.467 e. The molecule has 0 N–H and O–H groups in total. The van der Waals surface area contributed by atoms with E-state index in [0.29, 0.717) is 17.6 Å². The number of aryl methyl sites for hydroxylation is 3. The molecular weight excluding hydrogens is 300 g/mol. The molecule has 5 nitrogen and oxygen atoms in total. The summed E-state index contributed by atoms with van der Waals surface area (Å²) in [6.45, 7) is 3.66. The molecule has 1 atom stereocenters. The van der Waals surface area contributed by atoms with Crippen molar-refractivity contribution in [2.75, 3.05) is 7.11 Å². The zero-order valence-electron chi connectivity index (χ0n) is 13.1. The maximum atomic E-state index is 13.0. The normalized spacial score (nSPS) is 15.6. The number of aromatic nitrogens is 2. The molecule has 0 saturated carbocycles. The fourth-order valence-corrected chi connectivity index (χ4v) is 4.57. The monoisotopic (exact) mass is 320 g/mol. The minimum Gasteiger partial charge on any atom is -0.467 e. The Morgan fingerprint density at radius 3 is 2.82 bits per heavy atom. The van der Waals surface area contributed by atoms with Crippen LogP contribution in [0.1, 0.15) is 48.5 Å². The SMILES string of the molecule is CCC(C(=O)OC)n1c(C)nc2sc3c(c2c1=O)CCCC3. The van der Waals surface area contributed by atoms with Crippen molar-refractivity contribution in [2.24, 2.45) is 0 Å². The third kappa shape index (κ3) is 2.26. The first-order chi connectivity index (χ1) is 10.6. The average Bonchev–Trinajstić information content (AvgIpc) is 2.88. The minimum atomic E-state index is -0.603. The van der Waals surface area contributed by atoms with Crippen LogP contribution in [0.15, 0.2) is 4.79 Å². The van der Waals surface area contributed by atoms with Crippen LogP contribution in [0.3, 0.4) is 0 Å². The van der Waals surface area contributed by atoms with E-state index in [2.05, 4.69) is 4.98 Å². The molecule has 0 spiro atoms. The van der Waals surface area contributed by atoms with Gasteiger partial charge in [0, 0.05) is 4.88 Å². The molecule has 1 aliphatic rings. The molecule has 118 valence electrons. The van der Waals surface area contributed by atoms with Gasteiger partial charge >= 0.3 is 5.97 Å². The summed E-state index contributed by atoms with van der Waals surface area (Å²) < 4.78 is 6.36. The predicted molar refractivity (Wildman–Crippen MR) is 86.6 cm³/mol. The maximum absolute atomic E-state index is 13.0. The average molecular weight is 320 g/mol. The Morgan fingerprint density at radius 2 is 2.14 bits per heavy atom. The van der Waals surface area contributed by atoms with E-state index < -0.39 is 12.0 Å². The van der Waals surface area contributed by atoms with E-state index in [0.717, 1.165) is 29.7 Å². The van der Waals surface area contributed by atoms with Crippen molar-refractivity contribution in [3.63, 3.8) is 0 Å². The lowest BCUT2D eigenvalue weighted by Gasteiger charge is -2.18. The maximum Gasteiger partial charge on any atom is 0.329 e. The minimum absolute atomic E-state index is 0.0980. The molecule has 0 fully saturated rings. The lowest BCUT2D eigenvalue weighted by molar-refractivity contribution is -0.144. The molecule has 0 bridgehead atoms. The van der Waals surface area contributed by atoms with Crippen LogP contribution < -0.4 is 5.56 Å². The van der Waals surface area contributed by atoms with Crippen LogP contribution in [0.4, 0.5) is 0 Å². The third-order valence-electron chi connectivity index (χ3n) is 4.37. The van der Waals surface area contributed by atoms with Gasteiger partial charge in [-0.05, 0) is 44.6 Å². The van der Waals surface area contributed by atoms with E-state index in [1.54, 1.807) is 18.3 Å². The Labute approximate surface area is 132 Å². The van der Waals surface area contributed by atoms with Gasteiger partial charge in [0.1, 0.15) is 16.7 Å². The molecule has 0 aromatic carbocycles. The number of fused-ring (bicyclic) bond motifs is 3. The number of carbonyl (C=O) groups is 1. The van der Waals surface area contributed by atoms with E-state index in [-0.39, 0.29) is 5.56 Å². The second-order valence-corrected chi connectivity index (χ2v) is 6.76. The number of thiophene rings is 1. The smallest absolute Gasteiger partial charge is 0.329 e. The number of rotatable bonds is 3. The Balaban J connectivity index is 2.27. The summed E-state index contributed by atoms with van der Waals surface area (Å²) in [6.07, 6.45) is 4.76. The number of methoxy groups -OCH3 is 1. The van der Waals surface area contributed by atoms with Gasteiger partial charge in [-0.3, -0.25) is 9.36 Å². The Kier molecular flexibility index (Phi) is 4.04. The number of ether oxygens (including phenoxy) is 1. The summed E-state index contributed by atoms with van der Waals surface area (Å²) in [4.78, 5) is 31.7. The predicted octanol–water partition coefficient (Wildman–Crippen LogP) is 2.77. The molecule has 0 radical (unpaired) electrons. The highest BCUT2D eigenvalue weighted by molar-refractivity contribution is 7.18. The van der Waals surface area contributed by atoms with Crippen molar-refractivity contribution in [3.8, 4) is 0 Å². The third-order valence-corrected chi connectivity index (χ3v) is 5.55. The van der Waals surface area contributed by atoms with Crippen LogP contribution in [0.5, 0.6) is 0 Å². The van der Waals surface area contributed by atoms with Crippen molar-refractivity contribution in [3.05, 3.63) is 26.6 Å². The molecule has 2 aromatic heterocycles. The summed E-state index contributed by atoms with van der Waals surface area (Å²) in [5, 5.41) is 0.715. The van der Waals surface area contributed by atoms with Crippen LogP contribution in [-0.4, -0.2) is 22.6 Å². The van der Waals surface area contributed by atoms with E-state index >= 15 is 0 Å². The molecule has 22 heavy (non-hydrogen) atoms. The van der Waals surface area contributed by atoms with Crippen LogP contribution >= 0.6 is 11.3 Å². The Hall–Kier alpha value is -1.69. The first-order valence-corrected chi connectivity index (χ1v) is 8.51. The summed E-state index contributed by atoms with van der Waals surface area (Å²) >= 11 is 1.63. The lowest BCUT2D eigenvalue weighted by atomic mass is 9.97. The van der Waals surface area contributed by atoms with E-state index in [4.69, 9.17) is 4.74 Å². The van der Waals surface area contributed by atoms with Gasteiger partial charge in [-0.15, -0.1) is 11.3 Å².